The number of piperidine rings is 1. The number of pyridine rings is 1. The smallest absolute Gasteiger partial charge is 0.315 e. The average Bonchev–Trinajstić information content (AvgIpc) is 2.64. The lowest BCUT2D eigenvalue weighted by Gasteiger charge is -2.30. The molecule has 1 aromatic heterocycles. The third-order valence-electron chi connectivity index (χ3n) is 4.36. The molecule has 1 saturated heterocycles. The molecule has 130 valence electrons. The van der Waals surface area contributed by atoms with Gasteiger partial charge in [0.2, 0.25) is 5.91 Å². The van der Waals surface area contributed by atoms with Crippen LogP contribution >= 0.6 is 0 Å². The minimum atomic E-state index is -0.205. The summed E-state index contributed by atoms with van der Waals surface area (Å²) in [5.41, 5.74) is 3.19. The van der Waals surface area contributed by atoms with Crippen molar-refractivity contribution in [1.29, 1.82) is 0 Å². The Bertz CT molecular complexity index is 731. The lowest BCUT2D eigenvalue weighted by molar-refractivity contribution is -0.132. The van der Waals surface area contributed by atoms with E-state index in [1.807, 2.05) is 42.6 Å². The predicted octanol–water partition coefficient (Wildman–Crippen LogP) is 2.17. The van der Waals surface area contributed by atoms with Gasteiger partial charge in [-0.3, -0.25) is 9.78 Å². The molecule has 0 spiro atoms. The third-order valence-corrected chi connectivity index (χ3v) is 4.36. The van der Waals surface area contributed by atoms with Gasteiger partial charge in [0.05, 0.1) is 0 Å². The van der Waals surface area contributed by atoms with Crippen LogP contribution in [0.15, 0.2) is 48.8 Å². The van der Waals surface area contributed by atoms with Gasteiger partial charge in [0.15, 0.2) is 0 Å². The molecule has 2 heterocycles. The van der Waals surface area contributed by atoms with Crippen molar-refractivity contribution >= 4 is 11.9 Å². The molecule has 0 aliphatic carbocycles. The van der Waals surface area contributed by atoms with E-state index in [4.69, 9.17) is 0 Å². The molecule has 1 atom stereocenters. The van der Waals surface area contributed by atoms with Gasteiger partial charge in [-0.1, -0.05) is 30.3 Å². The van der Waals surface area contributed by atoms with E-state index in [2.05, 4.69) is 15.6 Å². The van der Waals surface area contributed by atoms with Crippen LogP contribution in [0.2, 0.25) is 0 Å². The van der Waals surface area contributed by atoms with Crippen molar-refractivity contribution in [2.45, 2.75) is 25.4 Å². The second-order valence-electron chi connectivity index (χ2n) is 6.28. The van der Waals surface area contributed by atoms with E-state index in [9.17, 15) is 9.59 Å². The molecule has 3 rings (SSSR count). The molecular formula is C19H22N4O2. The van der Waals surface area contributed by atoms with Gasteiger partial charge in [-0.25, -0.2) is 4.79 Å². The highest BCUT2D eigenvalue weighted by Crippen LogP contribution is 2.18. The van der Waals surface area contributed by atoms with Crippen molar-refractivity contribution in [2.75, 3.05) is 13.6 Å². The highest BCUT2D eigenvalue weighted by molar-refractivity contribution is 5.78. The Labute approximate surface area is 147 Å². The van der Waals surface area contributed by atoms with E-state index in [1.165, 1.54) is 0 Å². The minimum Gasteiger partial charge on any atom is -0.344 e. The molecule has 6 heteroatoms. The first kappa shape index (κ1) is 17.0. The van der Waals surface area contributed by atoms with Gasteiger partial charge >= 0.3 is 6.03 Å². The summed E-state index contributed by atoms with van der Waals surface area (Å²) in [6.07, 6.45) is 4.75. The normalized spacial score (nSPS) is 17.2. The summed E-state index contributed by atoms with van der Waals surface area (Å²) in [5.74, 6) is 0.132. The third kappa shape index (κ3) is 4.56. The fourth-order valence-electron chi connectivity index (χ4n) is 2.90. The van der Waals surface area contributed by atoms with Gasteiger partial charge in [-0.15, -0.1) is 0 Å². The second-order valence-corrected chi connectivity index (χ2v) is 6.28. The van der Waals surface area contributed by atoms with Crippen LogP contribution in [0.25, 0.3) is 11.1 Å². The van der Waals surface area contributed by atoms with E-state index in [1.54, 1.807) is 18.1 Å². The van der Waals surface area contributed by atoms with Gasteiger partial charge in [0.1, 0.15) is 0 Å². The molecule has 1 unspecified atom stereocenters. The quantitative estimate of drug-likeness (QED) is 0.897. The van der Waals surface area contributed by atoms with Crippen molar-refractivity contribution in [3.63, 3.8) is 0 Å². The average molecular weight is 338 g/mol. The minimum absolute atomic E-state index is 0.00987. The van der Waals surface area contributed by atoms with E-state index >= 15 is 0 Å². The Kier molecular flexibility index (Phi) is 5.28. The van der Waals surface area contributed by atoms with Crippen molar-refractivity contribution in [2.24, 2.45) is 0 Å². The van der Waals surface area contributed by atoms with Gasteiger partial charge in [0.25, 0.3) is 0 Å². The maximum atomic E-state index is 12.0. The number of benzene rings is 1. The summed E-state index contributed by atoms with van der Waals surface area (Å²) in [7, 11) is 1.76. The van der Waals surface area contributed by atoms with Crippen LogP contribution in [0, 0.1) is 0 Å². The number of likely N-dealkylation sites (tertiary alicyclic amines) is 1. The first-order chi connectivity index (χ1) is 12.1. The SMILES string of the molecule is CN1CC(NC(=O)NCc2ccc(-c3cccnc3)cc2)CCC1=O. The van der Waals surface area contributed by atoms with Crippen LogP contribution in [-0.2, 0) is 11.3 Å². The number of nitrogens with one attached hydrogen (secondary N) is 2. The van der Waals surface area contributed by atoms with Gasteiger partial charge < -0.3 is 15.5 Å². The van der Waals surface area contributed by atoms with Crippen molar-refractivity contribution in [3.05, 3.63) is 54.4 Å². The molecule has 0 saturated carbocycles. The Morgan fingerprint density at radius 1 is 1.24 bits per heavy atom. The Morgan fingerprint density at radius 2 is 2.04 bits per heavy atom. The Hall–Kier alpha value is -2.89. The number of rotatable bonds is 4. The zero-order valence-electron chi connectivity index (χ0n) is 14.2. The molecule has 2 N–H and O–H groups in total. The topological polar surface area (TPSA) is 74.3 Å². The zero-order valence-corrected chi connectivity index (χ0v) is 14.2. The molecule has 25 heavy (non-hydrogen) atoms. The number of hydrogen-bond donors (Lipinski definition) is 2. The predicted molar refractivity (Wildman–Crippen MR) is 95.7 cm³/mol. The number of urea groups is 1. The van der Waals surface area contributed by atoms with Crippen LogP contribution in [0.3, 0.4) is 0 Å². The first-order valence-corrected chi connectivity index (χ1v) is 8.39. The van der Waals surface area contributed by atoms with Crippen molar-refractivity contribution in [1.82, 2.24) is 20.5 Å². The summed E-state index contributed by atoms with van der Waals surface area (Å²) in [5, 5.41) is 5.79. The Morgan fingerprint density at radius 3 is 2.72 bits per heavy atom. The van der Waals surface area contributed by atoms with Crippen LogP contribution in [-0.4, -0.2) is 41.5 Å². The van der Waals surface area contributed by atoms with Crippen LogP contribution in [0.4, 0.5) is 4.79 Å². The molecule has 1 aromatic carbocycles. The summed E-state index contributed by atoms with van der Waals surface area (Å²) in [6, 6.07) is 11.8. The summed E-state index contributed by atoms with van der Waals surface area (Å²) in [6.45, 7) is 1.02. The van der Waals surface area contributed by atoms with Gasteiger partial charge in [-0.05, 0) is 29.2 Å². The highest BCUT2D eigenvalue weighted by atomic mass is 16.2. The van der Waals surface area contributed by atoms with Crippen LogP contribution in [0.5, 0.6) is 0 Å². The molecule has 6 nitrogen and oxygen atoms in total. The number of nitrogens with zero attached hydrogens (tertiary/aromatic N) is 2. The molecule has 1 aliphatic rings. The Balaban J connectivity index is 1.48. The summed E-state index contributed by atoms with van der Waals surface area (Å²) >= 11 is 0. The van der Waals surface area contributed by atoms with Gasteiger partial charge in [-0.2, -0.15) is 0 Å². The maximum absolute atomic E-state index is 12.0. The fourth-order valence-corrected chi connectivity index (χ4v) is 2.90. The monoisotopic (exact) mass is 338 g/mol. The van der Waals surface area contributed by atoms with Crippen molar-refractivity contribution in [3.8, 4) is 11.1 Å². The van der Waals surface area contributed by atoms with E-state index in [0.717, 1.165) is 16.7 Å². The summed E-state index contributed by atoms with van der Waals surface area (Å²) < 4.78 is 0. The second kappa shape index (κ2) is 7.79. The number of carbonyl (C=O) groups excluding carboxylic acids is 2. The highest BCUT2D eigenvalue weighted by Gasteiger charge is 2.23. The first-order valence-electron chi connectivity index (χ1n) is 8.39. The maximum Gasteiger partial charge on any atom is 0.315 e. The fraction of sp³-hybridized carbons (Fsp3) is 0.316. The van der Waals surface area contributed by atoms with E-state index in [-0.39, 0.29) is 18.0 Å². The lowest BCUT2D eigenvalue weighted by Crippen LogP contribution is -2.50. The van der Waals surface area contributed by atoms with Crippen molar-refractivity contribution < 1.29 is 9.59 Å². The number of hydrogen-bond acceptors (Lipinski definition) is 3. The van der Waals surface area contributed by atoms with E-state index < -0.39 is 0 Å². The molecular weight excluding hydrogens is 316 g/mol. The number of aromatic nitrogens is 1. The number of likely N-dealkylation sites (N-methyl/N-ethyl adjacent to an activating group) is 1. The van der Waals surface area contributed by atoms with Crippen LogP contribution in [0.1, 0.15) is 18.4 Å². The lowest BCUT2D eigenvalue weighted by atomic mass is 10.1. The molecule has 2 aromatic rings. The molecule has 1 aliphatic heterocycles. The largest absolute Gasteiger partial charge is 0.344 e. The zero-order chi connectivity index (χ0) is 17.6. The van der Waals surface area contributed by atoms with Gasteiger partial charge in [0, 0.05) is 45.0 Å². The molecule has 0 bridgehead atoms. The summed E-state index contributed by atoms with van der Waals surface area (Å²) in [4.78, 5) is 29.3. The standard InChI is InChI=1S/C19H22N4O2/c1-23-13-17(8-9-18(23)24)22-19(25)21-11-14-4-6-15(7-5-14)16-3-2-10-20-12-16/h2-7,10,12,17H,8-9,11,13H2,1H3,(H2,21,22,25). The molecule has 0 radical (unpaired) electrons. The van der Waals surface area contributed by atoms with E-state index in [0.29, 0.717) is 25.9 Å². The molecule has 1 fully saturated rings. The number of carbonyl (C=O) groups is 2. The molecule has 3 amide bonds. The van der Waals surface area contributed by atoms with Crippen LogP contribution < -0.4 is 10.6 Å². The number of amides is 3.